The van der Waals surface area contributed by atoms with E-state index >= 15 is 0 Å². The van der Waals surface area contributed by atoms with E-state index in [1.54, 1.807) is 6.07 Å². The molecule has 0 aliphatic rings. The number of nitrogens with one attached hydrogen (secondary N) is 2. The fourth-order valence-corrected chi connectivity index (χ4v) is 3.93. The first-order valence-electron chi connectivity index (χ1n) is 8.23. The van der Waals surface area contributed by atoms with Crippen molar-refractivity contribution in [2.75, 3.05) is 20.8 Å². The molecule has 1 heterocycles. The van der Waals surface area contributed by atoms with Gasteiger partial charge in [-0.25, -0.2) is 13.1 Å². The van der Waals surface area contributed by atoms with Gasteiger partial charge in [-0.1, -0.05) is 11.6 Å². The van der Waals surface area contributed by atoms with Crippen LogP contribution in [0.5, 0.6) is 11.5 Å². The van der Waals surface area contributed by atoms with Crippen molar-refractivity contribution >= 4 is 20.9 Å². The van der Waals surface area contributed by atoms with Gasteiger partial charge in [-0.15, -0.1) is 0 Å². The number of hydrogen-bond acceptors (Lipinski definition) is 4. The van der Waals surface area contributed by atoms with Gasteiger partial charge in [0.1, 0.15) is 0 Å². The second-order valence-electron chi connectivity index (χ2n) is 6.03. The summed E-state index contributed by atoms with van der Waals surface area (Å²) < 4.78 is 38.0. The van der Waals surface area contributed by atoms with E-state index in [4.69, 9.17) is 9.47 Å². The predicted octanol–water partition coefficient (Wildman–Crippen LogP) is 3.01. The van der Waals surface area contributed by atoms with Crippen molar-refractivity contribution < 1.29 is 17.9 Å². The van der Waals surface area contributed by atoms with Gasteiger partial charge in [0.2, 0.25) is 10.0 Å². The Morgan fingerprint density at radius 2 is 1.81 bits per heavy atom. The van der Waals surface area contributed by atoms with Crippen LogP contribution in [-0.4, -0.2) is 34.2 Å². The molecule has 0 spiro atoms. The molecule has 0 radical (unpaired) electrons. The monoisotopic (exact) mass is 374 g/mol. The highest BCUT2D eigenvalue weighted by atomic mass is 32.2. The number of fused-ring (bicyclic) bond motifs is 1. The number of methoxy groups -OCH3 is 2. The maximum Gasteiger partial charge on any atom is 0.240 e. The zero-order valence-corrected chi connectivity index (χ0v) is 15.8. The van der Waals surface area contributed by atoms with E-state index in [0.29, 0.717) is 24.5 Å². The maximum atomic E-state index is 12.5. The van der Waals surface area contributed by atoms with Crippen LogP contribution >= 0.6 is 0 Å². The van der Waals surface area contributed by atoms with Crippen LogP contribution in [0.2, 0.25) is 0 Å². The Balaban J connectivity index is 1.73. The van der Waals surface area contributed by atoms with Crippen molar-refractivity contribution in [3.8, 4) is 11.5 Å². The topological polar surface area (TPSA) is 80.4 Å². The van der Waals surface area contributed by atoms with E-state index in [2.05, 4.69) is 15.8 Å². The number of benzene rings is 2. The molecule has 0 unspecified atom stereocenters. The Morgan fingerprint density at radius 1 is 1.04 bits per heavy atom. The van der Waals surface area contributed by atoms with Gasteiger partial charge in [-0.3, -0.25) is 0 Å². The van der Waals surface area contributed by atoms with E-state index in [9.17, 15) is 8.42 Å². The molecule has 2 N–H and O–H groups in total. The van der Waals surface area contributed by atoms with E-state index in [-0.39, 0.29) is 4.90 Å². The van der Waals surface area contributed by atoms with Gasteiger partial charge in [-0.2, -0.15) is 0 Å². The molecule has 0 aliphatic carbocycles. The lowest BCUT2D eigenvalue weighted by molar-refractivity contribution is 0.354. The molecular formula is C19H22N2O4S. The second-order valence-corrected chi connectivity index (χ2v) is 7.79. The van der Waals surface area contributed by atoms with Gasteiger partial charge in [-0.05, 0) is 43.2 Å². The van der Waals surface area contributed by atoms with Crippen LogP contribution < -0.4 is 14.2 Å². The highest BCUT2D eigenvalue weighted by Crippen LogP contribution is 2.29. The second kappa shape index (κ2) is 7.39. The van der Waals surface area contributed by atoms with Crippen molar-refractivity contribution in [2.24, 2.45) is 0 Å². The van der Waals surface area contributed by atoms with Gasteiger partial charge in [0.15, 0.2) is 11.5 Å². The van der Waals surface area contributed by atoms with Gasteiger partial charge in [0.25, 0.3) is 0 Å². The molecule has 0 saturated heterocycles. The summed E-state index contributed by atoms with van der Waals surface area (Å²) in [4.78, 5) is 3.36. The molecular weight excluding hydrogens is 352 g/mol. The molecule has 0 saturated carbocycles. The minimum absolute atomic E-state index is 0.143. The van der Waals surface area contributed by atoms with E-state index in [0.717, 1.165) is 16.5 Å². The van der Waals surface area contributed by atoms with Crippen LogP contribution in [0.3, 0.4) is 0 Å². The van der Waals surface area contributed by atoms with Crippen molar-refractivity contribution in [1.82, 2.24) is 9.71 Å². The maximum absolute atomic E-state index is 12.5. The van der Waals surface area contributed by atoms with Crippen LogP contribution in [0.25, 0.3) is 10.9 Å². The molecule has 26 heavy (non-hydrogen) atoms. The molecule has 2 aromatic carbocycles. The lowest BCUT2D eigenvalue weighted by atomic mass is 10.1. The van der Waals surface area contributed by atoms with Crippen LogP contribution in [-0.2, 0) is 16.4 Å². The molecule has 3 rings (SSSR count). The molecule has 7 heteroatoms. The number of aromatic nitrogens is 1. The SMILES string of the molecule is COc1ccc(S(=O)(=O)NCCc2c[nH]c3ccc(C)cc23)cc1OC. The molecule has 0 atom stereocenters. The summed E-state index contributed by atoms with van der Waals surface area (Å²) in [5.41, 5.74) is 3.30. The summed E-state index contributed by atoms with van der Waals surface area (Å²) >= 11 is 0. The highest BCUT2D eigenvalue weighted by Gasteiger charge is 2.17. The summed E-state index contributed by atoms with van der Waals surface area (Å²) in [6.07, 6.45) is 2.52. The first-order valence-corrected chi connectivity index (χ1v) is 9.71. The Morgan fingerprint density at radius 3 is 2.54 bits per heavy atom. The van der Waals surface area contributed by atoms with Crippen LogP contribution in [0.15, 0.2) is 47.5 Å². The summed E-state index contributed by atoms with van der Waals surface area (Å²) in [7, 11) is -0.648. The Kier molecular flexibility index (Phi) is 5.20. The van der Waals surface area contributed by atoms with Gasteiger partial charge >= 0.3 is 0 Å². The minimum Gasteiger partial charge on any atom is -0.493 e. The number of rotatable bonds is 7. The zero-order valence-electron chi connectivity index (χ0n) is 15.0. The first-order chi connectivity index (χ1) is 12.4. The van der Waals surface area contributed by atoms with Crippen LogP contribution in [0.1, 0.15) is 11.1 Å². The Bertz CT molecular complexity index is 1030. The smallest absolute Gasteiger partial charge is 0.240 e. The number of aromatic amines is 1. The van der Waals surface area contributed by atoms with Crippen molar-refractivity contribution in [3.05, 3.63) is 53.7 Å². The number of ether oxygens (including phenoxy) is 2. The molecule has 138 valence electrons. The Labute approximate surface area is 153 Å². The molecule has 6 nitrogen and oxygen atoms in total. The largest absolute Gasteiger partial charge is 0.493 e. The molecule has 3 aromatic rings. The standard InChI is InChI=1S/C19H22N2O4S/c1-13-4-6-17-16(10-13)14(12-20-17)8-9-21-26(22,23)15-5-7-18(24-2)19(11-15)25-3/h4-7,10-12,20-21H,8-9H2,1-3H3. The third-order valence-corrected chi connectivity index (χ3v) is 5.73. The van der Waals surface area contributed by atoms with E-state index < -0.39 is 10.0 Å². The van der Waals surface area contributed by atoms with Crippen LogP contribution in [0, 0.1) is 6.92 Å². The fourth-order valence-electron chi connectivity index (χ4n) is 2.89. The minimum atomic E-state index is -3.63. The van der Waals surface area contributed by atoms with Gasteiger partial charge in [0, 0.05) is 29.7 Å². The number of aryl methyl sites for hydroxylation is 1. The first kappa shape index (κ1) is 18.3. The lowest BCUT2D eigenvalue weighted by Crippen LogP contribution is -2.26. The van der Waals surface area contributed by atoms with Gasteiger partial charge in [0.05, 0.1) is 19.1 Å². The highest BCUT2D eigenvalue weighted by molar-refractivity contribution is 7.89. The molecule has 1 aromatic heterocycles. The third-order valence-electron chi connectivity index (χ3n) is 4.27. The lowest BCUT2D eigenvalue weighted by Gasteiger charge is -2.11. The summed E-state index contributed by atoms with van der Waals surface area (Å²) in [5, 5.41) is 1.12. The molecule has 0 aliphatic heterocycles. The number of sulfonamides is 1. The summed E-state index contributed by atoms with van der Waals surface area (Å²) in [5.74, 6) is 0.864. The quantitative estimate of drug-likeness (QED) is 0.666. The average Bonchev–Trinajstić information content (AvgIpc) is 3.03. The van der Waals surface area contributed by atoms with Crippen molar-refractivity contribution in [2.45, 2.75) is 18.2 Å². The number of hydrogen-bond donors (Lipinski definition) is 2. The molecule has 0 fully saturated rings. The zero-order chi connectivity index (χ0) is 18.7. The van der Waals surface area contributed by atoms with Crippen LogP contribution in [0.4, 0.5) is 0 Å². The normalized spacial score (nSPS) is 11.7. The third kappa shape index (κ3) is 3.68. The number of H-pyrrole nitrogens is 1. The Hall–Kier alpha value is -2.51. The van der Waals surface area contributed by atoms with E-state index in [1.165, 1.54) is 31.9 Å². The summed E-state index contributed by atoms with van der Waals surface area (Å²) in [6.45, 7) is 2.34. The van der Waals surface area contributed by atoms with E-state index in [1.807, 2.05) is 25.3 Å². The van der Waals surface area contributed by atoms with Crippen molar-refractivity contribution in [1.29, 1.82) is 0 Å². The molecule has 0 bridgehead atoms. The summed E-state index contributed by atoms with van der Waals surface area (Å²) in [6, 6.07) is 10.7. The van der Waals surface area contributed by atoms with Crippen molar-refractivity contribution in [3.63, 3.8) is 0 Å². The average molecular weight is 374 g/mol. The predicted molar refractivity (Wildman–Crippen MR) is 101 cm³/mol. The van der Waals surface area contributed by atoms with Gasteiger partial charge < -0.3 is 14.5 Å². The molecule has 0 amide bonds. The fraction of sp³-hybridized carbons (Fsp3) is 0.263.